The molecule has 1 N–H and O–H groups in total. The van der Waals surface area contributed by atoms with Gasteiger partial charge in [0.2, 0.25) is 0 Å². The van der Waals surface area contributed by atoms with Crippen LogP contribution in [-0.4, -0.2) is 5.11 Å². The van der Waals surface area contributed by atoms with E-state index in [2.05, 4.69) is 0 Å². The van der Waals surface area contributed by atoms with Gasteiger partial charge in [-0.1, -0.05) is 29.3 Å². The van der Waals surface area contributed by atoms with Crippen LogP contribution in [0.2, 0.25) is 10.0 Å². The Bertz CT molecular complexity index is 615. The largest absolute Gasteiger partial charge is 0.488 e. The molecule has 20 heavy (non-hydrogen) atoms. The van der Waals surface area contributed by atoms with Gasteiger partial charge in [-0.3, -0.25) is 0 Å². The maximum atomic E-state index is 13.6. The minimum absolute atomic E-state index is 0.0460. The lowest BCUT2D eigenvalue weighted by Crippen LogP contribution is -2.02. The normalized spacial score (nSPS) is 12.2. The fraction of sp³-hybridized carbons (Fsp3) is 0.200. The van der Waals surface area contributed by atoms with Crippen LogP contribution < -0.4 is 4.74 Å². The zero-order valence-corrected chi connectivity index (χ0v) is 12.2. The molecule has 0 amide bonds. The van der Waals surface area contributed by atoms with E-state index >= 15 is 0 Å². The second-order valence-electron chi connectivity index (χ2n) is 4.38. The fourth-order valence-electron chi connectivity index (χ4n) is 1.77. The van der Waals surface area contributed by atoms with Gasteiger partial charge < -0.3 is 9.84 Å². The van der Waals surface area contributed by atoms with Crippen molar-refractivity contribution in [1.82, 2.24) is 0 Å². The summed E-state index contributed by atoms with van der Waals surface area (Å²) in [4.78, 5) is 0. The smallest absolute Gasteiger partial charge is 0.131 e. The highest BCUT2D eigenvalue weighted by Gasteiger charge is 2.11. The second kappa shape index (κ2) is 6.44. The van der Waals surface area contributed by atoms with E-state index in [0.29, 0.717) is 26.9 Å². The van der Waals surface area contributed by atoms with Gasteiger partial charge in [0.05, 0.1) is 6.10 Å². The van der Waals surface area contributed by atoms with E-state index < -0.39 is 11.9 Å². The van der Waals surface area contributed by atoms with Gasteiger partial charge in [0, 0.05) is 21.2 Å². The van der Waals surface area contributed by atoms with Crippen molar-refractivity contribution in [1.29, 1.82) is 0 Å². The fourth-order valence-corrected chi connectivity index (χ4v) is 2.11. The van der Waals surface area contributed by atoms with Gasteiger partial charge in [-0.25, -0.2) is 4.39 Å². The predicted octanol–water partition coefficient (Wildman–Crippen LogP) is 4.76. The molecule has 0 unspecified atom stereocenters. The van der Waals surface area contributed by atoms with E-state index in [1.54, 1.807) is 37.3 Å². The van der Waals surface area contributed by atoms with Crippen molar-refractivity contribution in [3.8, 4) is 5.75 Å². The minimum atomic E-state index is -0.723. The number of benzene rings is 2. The summed E-state index contributed by atoms with van der Waals surface area (Å²) >= 11 is 11.6. The van der Waals surface area contributed by atoms with E-state index in [1.807, 2.05) is 0 Å². The molecule has 2 aromatic rings. The van der Waals surface area contributed by atoms with E-state index in [-0.39, 0.29) is 6.61 Å². The molecular formula is C15H13Cl2FO2. The summed E-state index contributed by atoms with van der Waals surface area (Å²) in [7, 11) is 0. The molecule has 0 saturated carbocycles. The van der Waals surface area contributed by atoms with Crippen LogP contribution in [0.25, 0.3) is 0 Å². The van der Waals surface area contributed by atoms with Gasteiger partial charge in [-0.15, -0.1) is 0 Å². The number of aliphatic hydroxyl groups excluding tert-OH is 1. The van der Waals surface area contributed by atoms with Gasteiger partial charge in [-0.05, 0) is 37.3 Å². The Morgan fingerprint density at radius 1 is 1.15 bits per heavy atom. The van der Waals surface area contributed by atoms with Crippen molar-refractivity contribution in [2.24, 2.45) is 0 Å². The first-order valence-corrected chi connectivity index (χ1v) is 6.77. The highest BCUT2D eigenvalue weighted by atomic mass is 35.5. The van der Waals surface area contributed by atoms with Crippen molar-refractivity contribution in [3.63, 3.8) is 0 Å². The first kappa shape index (κ1) is 15.1. The Balaban J connectivity index is 2.18. The lowest BCUT2D eigenvalue weighted by Gasteiger charge is -2.14. The highest BCUT2D eigenvalue weighted by Crippen LogP contribution is 2.29. The van der Waals surface area contributed by atoms with Gasteiger partial charge in [0.1, 0.15) is 18.2 Å². The molecule has 0 heterocycles. The van der Waals surface area contributed by atoms with Crippen molar-refractivity contribution in [2.45, 2.75) is 19.6 Å². The summed E-state index contributed by atoms with van der Waals surface area (Å²) in [6.07, 6.45) is -0.723. The summed E-state index contributed by atoms with van der Waals surface area (Å²) in [5.41, 5.74) is 0.952. The van der Waals surface area contributed by atoms with E-state index in [9.17, 15) is 9.50 Å². The molecular weight excluding hydrogens is 302 g/mol. The number of hydrogen-bond donors (Lipinski definition) is 1. The first-order chi connectivity index (χ1) is 9.47. The Labute approximate surface area is 126 Å². The molecule has 0 spiro atoms. The summed E-state index contributed by atoms with van der Waals surface area (Å²) in [5.74, 6) is 0.0452. The van der Waals surface area contributed by atoms with Crippen LogP contribution in [-0.2, 0) is 6.61 Å². The standard InChI is InChI=1S/C15H13Cl2FO2/c1-9(19)13-6-11(16)4-5-15(13)20-8-10-2-3-12(17)7-14(10)18/h2-7,9,19H,8H2,1H3/t9-/m0/s1. The van der Waals surface area contributed by atoms with Crippen molar-refractivity contribution >= 4 is 23.2 Å². The minimum Gasteiger partial charge on any atom is -0.488 e. The van der Waals surface area contributed by atoms with E-state index in [4.69, 9.17) is 27.9 Å². The summed E-state index contributed by atoms with van der Waals surface area (Å²) in [6.45, 7) is 1.66. The average molecular weight is 315 g/mol. The predicted molar refractivity (Wildman–Crippen MR) is 77.8 cm³/mol. The van der Waals surface area contributed by atoms with Crippen molar-refractivity contribution < 1.29 is 14.2 Å². The Morgan fingerprint density at radius 3 is 2.45 bits per heavy atom. The molecule has 2 nitrogen and oxygen atoms in total. The van der Waals surface area contributed by atoms with Gasteiger partial charge >= 0.3 is 0 Å². The van der Waals surface area contributed by atoms with Gasteiger partial charge in [-0.2, -0.15) is 0 Å². The Morgan fingerprint density at radius 2 is 1.80 bits per heavy atom. The molecule has 0 aromatic heterocycles. The maximum absolute atomic E-state index is 13.6. The zero-order valence-electron chi connectivity index (χ0n) is 10.7. The average Bonchev–Trinajstić information content (AvgIpc) is 2.38. The van der Waals surface area contributed by atoms with Crippen LogP contribution in [0, 0.1) is 5.82 Å². The topological polar surface area (TPSA) is 29.5 Å². The number of aliphatic hydroxyl groups is 1. The lowest BCUT2D eigenvalue weighted by atomic mass is 10.1. The van der Waals surface area contributed by atoms with Crippen LogP contribution in [0.4, 0.5) is 4.39 Å². The molecule has 0 bridgehead atoms. The van der Waals surface area contributed by atoms with Gasteiger partial charge in [0.25, 0.3) is 0 Å². The zero-order chi connectivity index (χ0) is 14.7. The number of rotatable bonds is 4. The van der Waals surface area contributed by atoms with Crippen LogP contribution in [0.15, 0.2) is 36.4 Å². The molecule has 0 aliphatic heterocycles. The number of halogens is 3. The van der Waals surface area contributed by atoms with E-state index in [1.165, 1.54) is 6.07 Å². The molecule has 0 radical (unpaired) electrons. The summed E-state index contributed by atoms with van der Waals surface area (Å²) < 4.78 is 19.2. The van der Waals surface area contributed by atoms with Crippen LogP contribution in [0.5, 0.6) is 5.75 Å². The van der Waals surface area contributed by atoms with Crippen molar-refractivity contribution in [3.05, 3.63) is 63.4 Å². The highest BCUT2D eigenvalue weighted by molar-refractivity contribution is 6.30. The molecule has 0 aliphatic rings. The third-order valence-electron chi connectivity index (χ3n) is 2.82. The Kier molecular flexibility index (Phi) is 4.86. The van der Waals surface area contributed by atoms with Crippen molar-refractivity contribution in [2.75, 3.05) is 0 Å². The Hall–Kier alpha value is -1.29. The molecule has 2 rings (SSSR count). The SMILES string of the molecule is C[C@H](O)c1cc(Cl)ccc1OCc1ccc(Cl)cc1F. The van der Waals surface area contributed by atoms with Crippen LogP contribution in [0.3, 0.4) is 0 Å². The summed E-state index contributed by atoms with van der Waals surface area (Å²) in [6, 6.07) is 9.33. The van der Waals surface area contributed by atoms with E-state index in [0.717, 1.165) is 0 Å². The monoisotopic (exact) mass is 314 g/mol. The van der Waals surface area contributed by atoms with Crippen LogP contribution >= 0.6 is 23.2 Å². The maximum Gasteiger partial charge on any atom is 0.131 e. The van der Waals surface area contributed by atoms with Crippen LogP contribution in [0.1, 0.15) is 24.2 Å². The molecule has 0 aliphatic carbocycles. The third-order valence-corrected chi connectivity index (χ3v) is 3.29. The number of hydrogen-bond acceptors (Lipinski definition) is 2. The number of ether oxygens (including phenoxy) is 1. The second-order valence-corrected chi connectivity index (χ2v) is 5.26. The first-order valence-electron chi connectivity index (χ1n) is 6.01. The van der Waals surface area contributed by atoms with Gasteiger partial charge in [0.15, 0.2) is 0 Å². The summed E-state index contributed by atoms with van der Waals surface area (Å²) in [5, 5.41) is 10.5. The lowest BCUT2D eigenvalue weighted by molar-refractivity contribution is 0.190. The molecule has 2 aromatic carbocycles. The third kappa shape index (κ3) is 3.63. The molecule has 0 fully saturated rings. The molecule has 5 heteroatoms. The molecule has 106 valence electrons. The molecule has 1 atom stereocenters. The quantitative estimate of drug-likeness (QED) is 0.881. The molecule has 0 saturated heterocycles.